The Kier molecular flexibility index (Phi) is 6.07. The highest BCUT2D eigenvalue weighted by atomic mass is 32.2. The standard InChI is InChI=1S/C24H21F3N4O4S/c25-24(26,27)15-3-5-18(20(12-15)31-10-1-2-23(31)32)17-8-11-35-21-13-16(4-6-19(17)21)36(33,34)30-22-7-9-28-14-29-22/h3-7,9,12-14,17H,1-2,8,10-11H2,(H,28,29,30). The van der Waals surface area contributed by atoms with Crippen LogP contribution in [-0.2, 0) is 21.0 Å². The summed E-state index contributed by atoms with van der Waals surface area (Å²) in [6.45, 7) is 0.573. The Morgan fingerprint density at radius 2 is 1.89 bits per heavy atom. The fourth-order valence-electron chi connectivity index (χ4n) is 4.56. The van der Waals surface area contributed by atoms with Crippen LogP contribution in [0, 0.1) is 0 Å². The van der Waals surface area contributed by atoms with Gasteiger partial charge in [0.2, 0.25) is 5.91 Å². The zero-order chi connectivity index (χ0) is 25.5. The van der Waals surface area contributed by atoms with Gasteiger partial charge in [-0.2, -0.15) is 13.2 Å². The lowest BCUT2D eigenvalue weighted by Gasteiger charge is -2.30. The summed E-state index contributed by atoms with van der Waals surface area (Å²) in [6, 6.07) is 9.25. The minimum absolute atomic E-state index is 0.0529. The van der Waals surface area contributed by atoms with Crippen LogP contribution in [0.25, 0.3) is 0 Å². The van der Waals surface area contributed by atoms with Gasteiger partial charge < -0.3 is 9.64 Å². The van der Waals surface area contributed by atoms with E-state index in [1.807, 2.05) is 0 Å². The highest BCUT2D eigenvalue weighted by Crippen LogP contribution is 2.45. The van der Waals surface area contributed by atoms with E-state index in [4.69, 9.17) is 4.74 Å². The molecule has 0 spiro atoms. The number of nitrogens with zero attached hydrogens (tertiary/aromatic N) is 3. The summed E-state index contributed by atoms with van der Waals surface area (Å²) in [5, 5.41) is 0. The van der Waals surface area contributed by atoms with E-state index in [1.54, 1.807) is 6.07 Å². The van der Waals surface area contributed by atoms with Gasteiger partial charge in [-0.25, -0.2) is 18.4 Å². The Hall–Kier alpha value is -3.67. The number of ether oxygens (including phenoxy) is 1. The summed E-state index contributed by atoms with van der Waals surface area (Å²) in [5.41, 5.74) is 0.602. The van der Waals surface area contributed by atoms with Crippen LogP contribution in [0.3, 0.4) is 0 Å². The van der Waals surface area contributed by atoms with Crippen LogP contribution in [0.2, 0.25) is 0 Å². The molecule has 1 N–H and O–H groups in total. The Balaban J connectivity index is 1.53. The first kappa shape index (κ1) is 24.0. The largest absolute Gasteiger partial charge is 0.493 e. The number of halogens is 3. The predicted molar refractivity (Wildman–Crippen MR) is 124 cm³/mol. The number of anilines is 2. The average Bonchev–Trinajstić information content (AvgIpc) is 3.28. The quantitative estimate of drug-likeness (QED) is 0.539. The van der Waals surface area contributed by atoms with E-state index in [0.717, 1.165) is 12.1 Å². The van der Waals surface area contributed by atoms with Crippen molar-refractivity contribution < 1.29 is 31.1 Å². The number of hydrogen-bond donors (Lipinski definition) is 1. The second kappa shape index (κ2) is 9.08. The highest BCUT2D eigenvalue weighted by Gasteiger charge is 2.35. The maximum atomic E-state index is 13.5. The van der Waals surface area contributed by atoms with Crippen LogP contribution in [0.15, 0.2) is 59.9 Å². The van der Waals surface area contributed by atoms with E-state index in [9.17, 15) is 26.4 Å². The summed E-state index contributed by atoms with van der Waals surface area (Å²) in [4.78, 5) is 21.4. The van der Waals surface area contributed by atoms with Gasteiger partial charge in [0.15, 0.2) is 0 Å². The van der Waals surface area contributed by atoms with E-state index >= 15 is 0 Å². The van der Waals surface area contributed by atoms with Gasteiger partial charge in [0.05, 0.1) is 17.1 Å². The number of amides is 1. The SMILES string of the molecule is O=C1CCCN1c1cc(C(F)(F)F)ccc1C1CCOc2cc(S(=O)(=O)Nc3ccncn3)ccc21. The predicted octanol–water partition coefficient (Wildman–Crippen LogP) is 4.34. The van der Waals surface area contributed by atoms with Crippen molar-refractivity contribution in [3.05, 3.63) is 71.7 Å². The molecule has 188 valence electrons. The Labute approximate surface area is 205 Å². The maximum Gasteiger partial charge on any atom is 0.416 e. The van der Waals surface area contributed by atoms with Gasteiger partial charge in [0.1, 0.15) is 17.9 Å². The molecule has 12 heteroatoms. The molecule has 8 nitrogen and oxygen atoms in total. The van der Waals surface area contributed by atoms with Crippen molar-refractivity contribution in [3.63, 3.8) is 0 Å². The van der Waals surface area contributed by atoms with Crippen molar-refractivity contribution in [2.75, 3.05) is 22.8 Å². The summed E-state index contributed by atoms with van der Waals surface area (Å²) in [7, 11) is -3.98. The van der Waals surface area contributed by atoms with Gasteiger partial charge in [-0.3, -0.25) is 9.52 Å². The molecule has 2 aliphatic rings. The number of benzene rings is 2. The average molecular weight is 519 g/mol. The molecule has 5 rings (SSSR count). The van der Waals surface area contributed by atoms with Crippen LogP contribution in [0.1, 0.15) is 41.9 Å². The molecule has 1 fully saturated rings. The molecule has 2 aliphatic heterocycles. The lowest BCUT2D eigenvalue weighted by molar-refractivity contribution is -0.137. The number of alkyl halides is 3. The summed E-state index contributed by atoms with van der Waals surface area (Å²) < 4.78 is 74.3. The number of fused-ring (bicyclic) bond motifs is 1. The number of rotatable bonds is 5. The molecule has 0 bridgehead atoms. The van der Waals surface area contributed by atoms with Gasteiger partial charge in [0.25, 0.3) is 10.0 Å². The molecule has 3 heterocycles. The molecular formula is C24H21F3N4O4S. The highest BCUT2D eigenvalue weighted by molar-refractivity contribution is 7.92. The molecule has 2 aromatic carbocycles. The van der Waals surface area contributed by atoms with E-state index in [1.165, 1.54) is 41.7 Å². The van der Waals surface area contributed by atoms with Crippen molar-refractivity contribution in [3.8, 4) is 5.75 Å². The third-order valence-corrected chi connectivity index (χ3v) is 7.61. The van der Waals surface area contributed by atoms with E-state index in [-0.39, 0.29) is 41.3 Å². The molecule has 0 aliphatic carbocycles. The van der Waals surface area contributed by atoms with Crippen molar-refractivity contribution in [2.45, 2.75) is 36.3 Å². The molecule has 36 heavy (non-hydrogen) atoms. The van der Waals surface area contributed by atoms with Gasteiger partial charge in [-0.1, -0.05) is 12.1 Å². The van der Waals surface area contributed by atoms with Crippen LogP contribution < -0.4 is 14.4 Å². The van der Waals surface area contributed by atoms with Crippen LogP contribution in [0.5, 0.6) is 5.75 Å². The molecular weight excluding hydrogens is 497 g/mol. The minimum atomic E-state index is -4.55. The third-order valence-electron chi connectivity index (χ3n) is 6.25. The van der Waals surface area contributed by atoms with Gasteiger partial charge >= 0.3 is 6.18 Å². The Morgan fingerprint density at radius 3 is 2.58 bits per heavy atom. The fraction of sp³-hybridized carbons (Fsp3) is 0.292. The normalized spacial score (nSPS) is 18.0. The molecule has 1 amide bonds. The number of sulfonamides is 1. The number of hydrogen-bond acceptors (Lipinski definition) is 6. The van der Waals surface area contributed by atoms with Gasteiger partial charge in [-0.05, 0) is 42.7 Å². The summed E-state index contributed by atoms with van der Waals surface area (Å²) in [5.74, 6) is -0.187. The number of aromatic nitrogens is 2. The lowest BCUT2D eigenvalue weighted by Crippen LogP contribution is -2.27. The zero-order valence-corrected chi connectivity index (χ0v) is 19.6. The molecule has 1 atom stereocenters. The zero-order valence-electron chi connectivity index (χ0n) is 18.8. The molecule has 3 aromatic rings. The van der Waals surface area contributed by atoms with Crippen LogP contribution in [0.4, 0.5) is 24.7 Å². The Bertz CT molecular complexity index is 1410. The van der Waals surface area contributed by atoms with Crippen LogP contribution >= 0.6 is 0 Å². The van der Waals surface area contributed by atoms with Crippen molar-refractivity contribution in [1.82, 2.24) is 9.97 Å². The molecule has 1 aromatic heterocycles. The van der Waals surface area contributed by atoms with E-state index < -0.39 is 21.8 Å². The van der Waals surface area contributed by atoms with Crippen molar-refractivity contribution >= 4 is 27.4 Å². The topological polar surface area (TPSA) is 101 Å². The third kappa shape index (κ3) is 4.60. The van der Waals surface area contributed by atoms with Gasteiger partial charge in [-0.15, -0.1) is 0 Å². The van der Waals surface area contributed by atoms with Crippen LogP contribution in [-0.4, -0.2) is 37.4 Å². The first-order chi connectivity index (χ1) is 17.1. The number of carbonyl (C=O) groups excluding carboxylic acids is 1. The molecule has 1 saturated heterocycles. The van der Waals surface area contributed by atoms with Gasteiger partial charge in [0, 0.05) is 42.4 Å². The van der Waals surface area contributed by atoms with E-state index in [0.29, 0.717) is 36.3 Å². The number of nitrogens with one attached hydrogen (secondary N) is 1. The number of carbonyl (C=O) groups is 1. The second-order valence-electron chi connectivity index (χ2n) is 8.51. The maximum absolute atomic E-state index is 13.5. The first-order valence-electron chi connectivity index (χ1n) is 11.2. The lowest BCUT2D eigenvalue weighted by atomic mass is 9.85. The first-order valence-corrected chi connectivity index (χ1v) is 12.7. The summed E-state index contributed by atoms with van der Waals surface area (Å²) >= 11 is 0. The van der Waals surface area contributed by atoms with Crippen molar-refractivity contribution in [2.24, 2.45) is 0 Å². The second-order valence-corrected chi connectivity index (χ2v) is 10.2. The van der Waals surface area contributed by atoms with E-state index in [2.05, 4.69) is 14.7 Å². The fourth-order valence-corrected chi connectivity index (χ4v) is 5.58. The monoisotopic (exact) mass is 518 g/mol. The molecule has 0 radical (unpaired) electrons. The minimum Gasteiger partial charge on any atom is -0.493 e. The Morgan fingerprint density at radius 1 is 1.08 bits per heavy atom. The van der Waals surface area contributed by atoms with Crippen molar-refractivity contribution in [1.29, 1.82) is 0 Å². The smallest absolute Gasteiger partial charge is 0.416 e. The molecule has 1 unspecified atom stereocenters. The summed E-state index contributed by atoms with van der Waals surface area (Å²) in [6.07, 6.45) is -0.633. The molecule has 0 saturated carbocycles.